The summed E-state index contributed by atoms with van der Waals surface area (Å²) in [5, 5.41) is 10.3. The van der Waals surface area contributed by atoms with Crippen LogP contribution in [0.4, 0.5) is 0 Å². The Bertz CT molecular complexity index is 1740. The van der Waals surface area contributed by atoms with E-state index in [0.717, 1.165) is 5.56 Å². The molecule has 0 fully saturated rings. The Kier molecular flexibility index (Phi) is 7.62. The largest absolute Gasteiger partial charge is 0.308 e. The fourth-order valence-electron chi connectivity index (χ4n) is 4.86. The zero-order valence-electron chi connectivity index (χ0n) is 22.0. The Morgan fingerprint density at radius 3 is 2.18 bits per heavy atom. The van der Waals surface area contributed by atoms with Crippen molar-refractivity contribution in [3.63, 3.8) is 0 Å². The Hall–Kier alpha value is -4.27. The summed E-state index contributed by atoms with van der Waals surface area (Å²) in [7, 11) is 0. The molecule has 1 N–H and O–H groups in total. The Labute approximate surface area is 229 Å². The van der Waals surface area contributed by atoms with Gasteiger partial charge >= 0.3 is 0 Å². The van der Waals surface area contributed by atoms with Crippen LogP contribution in [-0.2, 0) is 0 Å². The lowest BCUT2D eigenvalue weighted by molar-refractivity contribution is 1.52. The molecule has 0 unspecified atom stereocenters. The molecule has 0 bridgehead atoms. The van der Waals surface area contributed by atoms with Gasteiger partial charge in [0.05, 0.1) is 0 Å². The molecule has 5 rings (SSSR count). The number of allylic oxidation sites excluding steroid dienone is 7. The summed E-state index contributed by atoms with van der Waals surface area (Å²) in [5.41, 5.74) is 9.46. The summed E-state index contributed by atoms with van der Waals surface area (Å²) >= 11 is 1.79. The zero-order chi connectivity index (χ0) is 26.5. The first kappa shape index (κ1) is 25.4. The average Bonchev–Trinajstić information content (AvgIpc) is 3.35. The molecule has 186 valence electrons. The van der Waals surface area contributed by atoms with Crippen LogP contribution in [-0.4, -0.2) is 6.21 Å². The van der Waals surface area contributed by atoms with Crippen LogP contribution in [0.25, 0.3) is 54.1 Å². The van der Waals surface area contributed by atoms with Crippen LogP contribution in [0.15, 0.2) is 115 Å². The maximum absolute atomic E-state index is 7.95. The lowest BCUT2D eigenvalue weighted by atomic mass is 9.90. The lowest BCUT2D eigenvalue weighted by Crippen LogP contribution is -1.90. The van der Waals surface area contributed by atoms with E-state index in [1.807, 2.05) is 31.2 Å². The maximum Gasteiger partial charge on any atom is 0.0361 e. The van der Waals surface area contributed by atoms with Gasteiger partial charge in [0, 0.05) is 32.0 Å². The molecule has 2 heteroatoms. The highest BCUT2D eigenvalue weighted by Gasteiger charge is 2.13. The molecule has 0 amide bonds. The average molecular weight is 510 g/mol. The molecule has 0 saturated carbocycles. The van der Waals surface area contributed by atoms with Crippen LogP contribution in [0.1, 0.15) is 37.5 Å². The summed E-state index contributed by atoms with van der Waals surface area (Å²) in [5.74, 6) is 0. The van der Waals surface area contributed by atoms with Crippen LogP contribution in [0.2, 0.25) is 0 Å². The SMILES string of the molecule is C\C=C/C=C\C=C\c1c(-c2ccc(/C(C)=C/C)cc2)cccc1-c1ccc2sc3cccc(C=N)c3c2c1. The molecule has 0 saturated heterocycles. The molecule has 38 heavy (non-hydrogen) atoms. The monoisotopic (exact) mass is 509 g/mol. The van der Waals surface area contributed by atoms with E-state index in [9.17, 15) is 0 Å². The molecular formula is C36H31NS. The number of rotatable bonds is 7. The van der Waals surface area contributed by atoms with Gasteiger partial charge in [-0.15, -0.1) is 11.3 Å². The summed E-state index contributed by atoms with van der Waals surface area (Å²) in [6.07, 6.45) is 16.1. The molecule has 5 aromatic rings. The molecule has 4 aromatic carbocycles. The Balaban J connectivity index is 1.70. The molecule has 0 atom stereocenters. The van der Waals surface area contributed by atoms with Gasteiger partial charge in [0.1, 0.15) is 0 Å². The van der Waals surface area contributed by atoms with Gasteiger partial charge in [0.15, 0.2) is 0 Å². The molecule has 0 aliphatic rings. The molecule has 0 radical (unpaired) electrons. The standard InChI is InChI=1S/C36H31NS/c1-4-6-7-8-9-13-32-30(27-19-17-26(18-20-27)25(3)5-2)14-11-15-31(32)28-21-22-34-33(23-28)36-29(24-37)12-10-16-35(36)38-34/h4-24,37H,1-3H3/b6-4-,8-7-,13-9+,25-5+,37-24?. The number of thiophene rings is 1. The van der Waals surface area contributed by atoms with Crippen molar-refractivity contribution in [2.45, 2.75) is 20.8 Å². The van der Waals surface area contributed by atoms with Gasteiger partial charge in [-0.2, -0.15) is 0 Å². The van der Waals surface area contributed by atoms with Crippen molar-refractivity contribution < 1.29 is 0 Å². The van der Waals surface area contributed by atoms with Crippen LogP contribution in [0.5, 0.6) is 0 Å². The van der Waals surface area contributed by atoms with Crippen LogP contribution >= 0.6 is 11.3 Å². The fourth-order valence-corrected chi connectivity index (χ4v) is 5.98. The zero-order valence-corrected chi connectivity index (χ0v) is 22.8. The lowest BCUT2D eigenvalue weighted by Gasteiger charge is -2.14. The number of hydrogen-bond acceptors (Lipinski definition) is 2. The summed E-state index contributed by atoms with van der Waals surface area (Å²) in [6.45, 7) is 6.25. The summed E-state index contributed by atoms with van der Waals surface area (Å²) in [4.78, 5) is 0. The van der Waals surface area contributed by atoms with Gasteiger partial charge in [-0.3, -0.25) is 0 Å². The summed E-state index contributed by atoms with van der Waals surface area (Å²) < 4.78 is 2.47. The normalized spacial score (nSPS) is 12.6. The molecule has 0 aliphatic carbocycles. The number of fused-ring (bicyclic) bond motifs is 3. The highest BCUT2D eigenvalue weighted by atomic mass is 32.1. The molecule has 1 aromatic heterocycles. The second-order valence-electron chi connectivity index (χ2n) is 9.26. The topological polar surface area (TPSA) is 23.9 Å². The first-order valence-electron chi connectivity index (χ1n) is 12.9. The van der Waals surface area contributed by atoms with Crippen LogP contribution in [0.3, 0.4) is 0 Å². The van der Waals surface area contributed by atoms with E-state index in [0.29, 0.717) is 0 Å². The minimum atomic E-state index is 0.963. The van der Waals surface area contributed by atoms with E-state index < -0.39 is 0 Å². The quantitative estimate of drug-likeness (QED) is 0.167. The highest BCUT2D eigenvalue weighted by Crippen LogP contribution is 2.40. The smallest absolute Gasteiger partial charge is 0.0361 e. The summed E-state index contributed by atoms with van der Waals surface area (Å²) in [6, 6.07) is 28.4. The van der Waals surface area contributed by atoms with Gasteiger partial charge in [-0.25, -0.2) is 0 Å². The third-order valence-corrected chi connectivity index (χ3v) is 8.11. The van der Waals surface area contributed by atoms with Crippen molar-refractivity contribution in [3.05, 3.63) is 132 Å². The van der Waals surface area contributed by atoms with E-state index in [1.54, 1.807) is 11.3 Å². The van der Waals surface area contributed by atoms with Crippen molar-refractivity contribution >= 4 is 49.4 Å². The third kappa shape index (κ3) is 4.96. The van der Waals surface area contributed by atoms with Crippen molar-refractivity contribution in [2.24, 2.45) is 0 Å². The number of hydrogen-bond donors (Lipinski definition) is 1. The van der Waals surface area contributed by atoms with Crippen LogP contribution in [0, 0.1) is 5.41 Å². The second kappa shape index (κ2) is 11.4. The fraction of sp³-hybridized carbons (Fsp3) is 0.0833. The highest BCUT2D eigenvalue weighted by molar-refractivity contribution is 7.25. The minimum absolute atomic E-state index is 0.963. The van der Waals surface area contributed by atoms with Crippen molar-refractivity contribution in [3.8, 4) is 22.3 Å². The van der Waals surface area contributed by atoms with E-state index in [1.165, 1.54) is 65.3 Å². The van der Waals surface area contributed by atoms with E-state index >= 15 is 0 Å². The van der Waals surface area contributed by atoms with Crippen molar-refractivity contribution in [1.29, 1.82) is 5.41 Å². The van der Waals surface area contributed by atoms with E-state index in [4.69, 9.17) is 5.41 Å². The molecule has 0 spiro atoms. The molecular weight excluding hydrogens is 478 g/mol. The van der Waals surface area contributed by atoms with Crippen molar-refractivity contribution in [1.82, 2.24) is 0 Å². The van der Waals surface area contributed by atoms with E-state index in [-0.39, 0.29) is 0 Å². The number of nitrogens with one attached hydrogen (secondary N) is 1. The first-order valence-corrected chi connectivity index (χ1v) is 13.7. The van der Waals surface area contributed by atoms with Gasteiger partial charge in [-0.05, 0) is 77.9 Å². The Morgan fingerprint density at radius 1 is 0.737 bits per heavy atom. The second-order valence-corrected chi connectivity index (χ2v) is 10.3. The van der Waals surface area contributed by atoms with Crippen LogP contribution < -0.4 is 0 Å². The molecule has 1 heterocycles. The third-order valence-electron chi connectivity index (χ3n) is 6.97. The van der Waals surface area contributed by atoms with Gasteiger partial charge in [0.2, 0.25) is 0 Å². The first-order chi connectivity index (χ1) is 18.6. The predicted molar refractivity (Wildman–Crippen MR) is 170 cm³/mol. The molecule has 1 nitrogen and oxygen atoms in total. The van der Waals surface area contributed by atoms with Crippen molar-refractivity contribution in [2.75, 3.05) is 0 Å². The van der Waals surface area contributed by atoms with Gasteiger partial charge < -0.3 is 5.41 Å². The number of benzene rings is 4. The molecule has 0 aliphatic heterocycles. The van der Waals surface area contributed by atoms with Gasteiger partial charge in [0.25, 0.3) is 0 Å². The predicted octanol–water partition coefficient (Wildman–Crippen LogP) is 11.0. The Morgan fingerprint density at radius 2 is 1.45 bits per heavy atom. The maximum atomic E-state index is 7.95. The van der Waals surface area contributed by atoms with E-state index in [2.05, 4.69) is 111 Å². The minimum Gasteiger partial charge on any atom is -0.308 e. The van der Waals surface area contributed by atoms with Gasteiger partial charge in [-0.1, -0.05) is 103 Å².